The van der Waals surface area contributed by atoms with Gasteiger partial charge in [0.2, 0.25) is 5.52 Å². The molecule has 1 heterocycles. The van der Waals surface area contributed by atoms with Crippen molar-refractivity contribution in [2.75, 3.05) is 11.9 Å². The van der Waals surface area contributed by atoms with Gasteiger partial charge < -0.3 is 5.32 Å². The van der Waals surface area contributed by atoms with E-state index in [1.807, 2.05) is 0 Å². The Morgan fingerprint density at radius 3 is 2.88 bits per heavy atom. The fraction of sp³-hybridized carbons (Fsp3) is 0.111. The van der Waals surface area contributed by atoms with Gasteiger partial charge in [-0.1, -0.05) is 22.5 Å². The van der Waals surface area contributed by atoms with E-state index in [0.717, 1.165) is 4.48 Å². The maximum absolute atomic E-state index is 10.7. The highest BCUT2D eigenvalue weighted by Gasteiger charge is 2.19. The SMILES string of the molecule is C=C(Br)CNc1ccc([N+](=O)[O-])c2nonc12. The van der Waals surface area contributed by atoms with Crippen LogP contribution < -0.4 is 5.32 Å². The number of rotatable bonds is 4. The summed E-state index contributed by atoms with van der Waals surface area (Å²) in [6, 6.07) is 2.91. The summed E-state index contributed by atoms with van der Waals surface area (Å²) in [5.41, 5.74) is 0.921. The molecule has 0 aliphatic heterocycles. The summed E-state index contributed by atoms with van der Waals surface area (Å²) in [6.45, 7) is 4.14. The maximum atomic E-state index is 10.7. The molecule has 0 saturated carbocycles. The summed E-state index contributed by atoms with van der Waals surface area (Å²) in [5, 5.41) is 20.9. The number of nitrogens with one attached hydrogen (secondary N) is 1. The summed E-state index contributed by atoms with van der Waals surface area (Å²) in [6.07, 6.45) is 0. The van der Waals surface area contributed by atoms with Crippen molar-refractivity contribution >= 4 is 38.3 Å². The monoisotopic (exact) mass is 298 g/mol. The third kappa shape index (κ3) is 2.26. The van der Waals surface area contributed by atoms with Crippen molar-refractivity contribution in [1.29, 1.82) is 0 Å². The van der Waals surface area contributed by atoms with Crippen LogP contribution in [0.4, 0.5) is 11.4 Å². The Labute approximate surface area is 104 Å². The van der Waals surface area contributed by atoms with Crippen LogP contribution in [0.25, 0.3) is 11.0 Å². The van der Waals surface area contributed by atoms with Crippen molar-refractivity contribution in [2.45, 2.75) is 0 Å². The van der Waals surface area contributed by atoms with Crippen LogP contribution >= 0.6 is 15.9 Å². The van der Waals surface area contributed by atoms with Crippen LogP contribution in [0, 0.1) is 10.1 Å². The highest BCUT2D eigenvalue weighted by atomic mass is 79.9. The predicted octanol–water partition coefficient (Wildman–Crippen LogP) is 2.45. The fourth-order valence-corrected chi connectivity index (χ4v) is 1.47. The van der Waals surface area contributed by atoms with Crippen LogP contribution in [0.1, 0.15) is 0 Å². The number of nitrogens with zero attached hydrogens (tertiary/aromatic N) is 3. The van der Waals surface area contributed by atoms with Gasteiger partial charge in [-0.3, -0.25) is 10.1 Å². The average molecular weight is 299 g/mol. The Kier molecular flexibility index (Phi) is 3.05. The van der Waals surface area contributed by atoms with Gasteiger partial charge in [0.05, 0.1) is 10.6 Å². The molecule has 0 spiro atoms. The van der Waals surface area contributed by atoms with E-state index in [-0.39, 0.29) is 11.2 Å². The lowest BCUT2D eigenvalue weighted by molar-refractivity contribution is -0.383. The van der Waals surface area contributed by atoms with E-state index in [1.54, 1.807) is 6.07 Å². The molecule has 7 nitrogen and oxygen atoms in total. The molecule has 0 fully saturated rings. The minimum absolute atomic E-state index is 0.125. The van der Waals surface area contributed by atoms with Crippen molar-refractivity contribution in [3.8, 4) is 0 Å². The minimum atomic E-state index is -0.528. The van der Waals surface area contributed by atoms with Gasteiger partial charge in [-0.25, -0.2) is 4.63 Å². The van der Waals surface area contributed by atoms with Crippen LogP contribution in [0.5, 0.6) is 0 Å². The first-order valence-corrected chi connectivity index (χ1v) is 5.35. The quantitative estimate of drug-likeness (QED) is 0.688. The third-order valence-electron chi connectivity index (χ3n) is 2.06. The molecule has 2 rings (SSSR count). The molecule has 0 atom stereocenters. The Bertz CT molecular complexity index is 595. The molecule has 0 aliphatic carbocycles. The number of nitro groups is 1. The second-order valence-corrected chi connectivity index (χ2v) is 4.34. The molecule has 1 N–H and O–H groups in total. The second-order valence-electron chi connectivity index (χ2n) is 3.22. The normalized spacial score (nSPS) is 10.4. The topological polar surface area (TPSA) is 94.1 Å². The van der Waals surface area contributed by atoms with Crippen LogP contribution in [-0.2, 0) is 0 Å². The number of hydrogen-bond donors (Lipinski definition) is 1. The van der Waals surface area contributed by atoms with Gasteiger partial charge in [-0.2, -0.15) is 0 Å². The molecule has 17 heavy (non-hydrogen) atoms. The number of anilines is 1. The highest BCUT2D eigenvalue weighted by Crippen LogP contribution is 2.28. The molecule has 1 aromatic carbocycles. The predicted molar refractivity (Wildman–Crippen MR) is 65.0 cm³/mol. The summed E-state index contributed by atoms with van der Waals surface area (Å²) >= 11 is 3.20. The van der Waals surface area contributed by atoms with Crippen LogP contribution in [-0.4, -0.2) is 21.8 Å². The molecule has 8 heteroatoms. The number of nitro benzene ring substituents is 1. The van der Waals surface area contributed by atoms with E-state index in [2.05, 4.69) is 42.8 Å². The molecule has 0 bridgehead atoms. The number of fused-ring (bicyclic) bond motifs is 1. The van der Waals surface area contributed by atoms with Gasteiger partial charge >= 0.3 is 5.69 Å². The van der Waals surface area contributed by atoms with E-state index < -0.39 is 4.92 Å². The molecule has 88 valence electrons. The summed E-state index contributed by atoms with van der Waals surface area (Å²) < 4.78 is 5.28. The van der Waals surface area contributed by atoms with E-state index in [4.69, 9.17) is 0 Å². The van der Waals surface area contributed by atoms with E-state index >= 15 is 0 Å². The summed E-state index contributed by atoms with van der Waals surface area (Å²) in [7, 11) is 0. The van der Waals surface area contributed by atoms with Crippen LogP contribution in [0.15, 0.2) is 27.8 Å². The van der Waals surface area contributed by atoms with Crippen molar-refractivity contribution in [3.63, 3.8) is 0 Å². The Morgan fingerprint density at radius 2 is 2.24 bits per heavy atom. The van der Waals surface area contributed by atoms with Gasteiger partial charge in [0, 0.05) is 17.1 Å². The first-order valence-electron chi connectivity index (χ1n) is 4.56. The number of halogens is 1. The Morgan fingerprint density at radius 1 is 1.53 bits per heavy atom. The average Bonchev–Trinajstić information content (AvgIpc) is 2.73. The van der Waals surface area contributed by atoms with Crippen molar-refractivity contribution < 1.29 is 9.55 Å². The maximum Gasteiger partial charge on any atom is 0.300 e. The van der Waals surface area contributed by atoms with E-state index in [9.17, 15) is 10.1 Å². The minimum Gasteiger partial charge on any atom is -0.379 e. The van der Waals surface area contributed by atoms with Crippen LogP contribution in [0.2, 0.25) is 0 Å². The van der Waals surface area contributed by atoms with E-state index in [1.165, 1.54) is 6.07 Å². The van der Waals surface area contributed by atoms with Gasteiger partial charge in [0.15, 0.2) is 5.52 Å². The smallest absolute Gasteiger partial charge is 0.300 e. The van der Waals surface area contributed by atoms with Gasteiger partial charge in [0.25, 0.3) is 0 Å². The second kappa shape index (κ2) is 4.50. The lowest BCUT2D eigenvalue weighted by Crippen LogP contribution is -2.01. The Hall–Kier alpha value is -1.96. The lowest BCUT2D eigenvalue weighted by Gasteiger charge is -2.04. The van der Waals surface area contributed by atoms with Crippen LogP contribution in [0.3, 0.4) is 0 Å². The number of aromatic nitrogens is 2. The Balaban J connectivity index is 2.46. The van der Waals surface area contributed by atoms with E-state index in [0.29, 0.717) is 17.7 Å². The van der Waals surface area contributed by atoms with Gasteiger partial charge in [0.1, 0.15) is 0 Å². The highest BCUT2D eigenvalue weighted by molar-refractivity contribution is 9.11. The van der Waals surface area contributed by atoms with Gasteiger partial charge in [-0.05, 0) is 16.4 Å². The van der Waals surface area contributed by atoms with Crippen molar-refractivity contribution in [1.82, 2.24) is 10.3 Å². The molecule has 0 aliphatic rings. The largest absolute Gasteiger partial charge is 0.379 e. The molecule has 0 radical (unpaired) electrons. The first kappa shape index (κ1) is 11.5. The zero-order valence-corrected chi connectivity index (χ0v) is 10.1. The molecule has 0 unspecified atom stereocenters. The molecule has 0 saturated heterocycles. The zero-order valence-electron chi connectivity index (χ0n) is 8.51. The first-order chi connectivity index (χ1) is 8.09. The molecule has 1 aromatic heterocycles. The number of hydrogen-bond acceptors (Lipinski definition) is 6. The standard InChI is InChI=1S/C9H7BrN4O3/c1-5(10)4-11-6-2-3-7(14(15)16)9-8(6)12-17-13-9/h2-3,11H,1,4H2. The lowest BCUT2D eigenvalue weighted by atomic mass is 10.2. The van der Waals surface area contributed by atoms with Gasteiger partial charge in [-0.15, -0.1) is 0 Å². The number of benzene rings is 1. The number of non-ortho nitro benzene ring substituents is 1. The molecular weight excluding hydrogens is 292 g/mol. The van der Waals surface area contributed by atoms with Crippen molar-refractivity contribution in [2.24, 2.45) is 0 Å². The zero-order chi connectivity index (χ0) is 12.4. The third-order valence-corrected chi connectivity index (χ3v) is 2.34. The van der Waals surface area contributed by atoms with Crippen molar-refractivity contribution in [3.05, 3.63) is 33.3 Å². The molecule has 0 amide bonds. The summed E-state index contributed by atoms with van der Waals surface area (Å²) in [5.74, 6) is 0. The molecular formula is C9H7BrN4O3. The molecule has 2 aromatic rings. The summed E-state index contributed by atoms with van der Waals surface area (Å²) in [4.78, 5) is 10.2. The fourth-order valence-electron chi connectivity index (χ4n) is 1.33.